The first kappa shape index (κ1) is 13.8. The third kappa shape index (κ3) is 2.69. The van der Waals surface area contributed by atoms with E-state index < -0.39 is 10.6 Å². The zero-order chi connectivity index (χ0) is 14.7. The smallest absolute Gasteiger partial charge is 0.353 e. The van der Waals surface area contributed by atoms with Gasteiger partial charge in [0.05, 0.1) is 22.7 Å². The number of hydrogen-bond acceptors (Lipinski definition) is 7. The molecular formula is C11H10ClN5O3. The number of nitrogens with zero attached hydrogens (tertiary/aromatic N) is 3. The van der Waals surface area contributed by atoms with Gasteiger partial charge in [-0.05, 0) is 12.1 Å². The van der Waals surface area contributed by atoms with Crippen molar-refractivity contribution in [1.29, 1.82) is 0 Å². The summed E-state index contributed by atoms with van der Waals surface area (Å²) in [5.41, 5.74) is 5.48. The van der Waals surface area contributed by atoms with Gasteiger partial charge in [-0.3, -0.25) is 10.1 Å². The zero-order valence-corrected chi connectivity index (χ0v) is 11.1. The third-order valence-electron chi connectivity index (χ3n) is 2.46. The van der Waals surface area contributed by atoms with Crippen LogP contribution in [0.2, 0.25) is 5.02 Å². The van der Waals surface area contributed by atoms with Crippen LogP contribution in [0.15, 0.2) is 24.5 Å². The number of nitrogens with two attached hydrogens (primary N) is 1. The molecule has 0 aliphatic heterocycles. The quantitative estimate of drug-likeness (QED) is 0.657. The van der Waals surface area contributed by atoms with E-state index >= 15 is 0 Å². The second-order valence-electron chi connectivity index (χ2n) is 3.68. The van der Waals surface area contributed by atoms with Crippen LogP contribution in [0.4, 0.5) is 23.0 Å². The number of rotatable bonds is 4. The molecule has 1 aromatic heterocycles. The van der Waals surface area contributed by atoms with Gasteiger partial charge in [-0.1, -0.05) is 11.6 Å². The molecule has 0 spiro atoms. The summed E-state index contributed by atoms with van der Waals surface area (Å²) in [5, 5.41) is 14.1. The molecule has 0 aliphatic carbocycles. The first-order valence-corrected chi connectivity index (χ1v) is 5.76. The van der Waals surface area contributed by atoms with Crippen LogP contribution in [0, 0.1) is 10.1 Å². The Bertz CT molecular complexity index is 665. The average molecular weight is 296 g/mol. The number of methoxy groups -OCH3 is 1. The van der Waals surface area contributed by atoms with E-state index in [2.05, 4.69) is 15.3 Å². The van der Waals surface area contributed by atoms with E-state index in [9.17, 15) is 10.1 Å². The molecule has 0 aliphatic rings. The van der Waals surface area contributed by atoms with Crippen molar-refractivity contribution in [3.05, 3.63) is 39.7 Å². The lowest BCUT2D eigenvalue weighted by molar-refractivity contribution is -0.383. The molecule has 0 amide bonds. The molecule has 0 atom stereocenters. The number of nitro groups is 1. The molecule has 104 valence electrons. The summed E-state index contributed by atoms with van der Waals surface area (Å²) < 4.78 is 5.06. The lowest BCUT2D eigenvalue weighted by Gasteiger charge is -2.10. The normalized spacial score (nSPS) is 10.1. The van der Waals surface area contributed by atoms with Crippen LogP contribution in [-0.4, -0.2) is 22.0 Å². The maximum Gasteiger partial charge on any atom is 0.353 e. The van der Waals surface area contributed by atoms with Crippen molar-refractivity contribution in [3.8, 4) is 5.75 Å². The topological polar surface area (TPSA) is 116 Å². The van der Waals surface area contributed by atoms with Crippen LogP contribution in [-0.2, 0) is 0 Å². The molecule has 1 aromatic carbocycles. The number of halogens is 1. The summed E-state index contributed by atoms with van der Waals surface area (Å²) in [6, 6.07) is 4.85. The molecule has 1 heterocycles. The van der Waals surface area contributed by atoms with E-state index in [0.717, 1.165) is 6.33 Å². The molecule has 0 saturated carbocycles. The van der Waals surface area contributed by atoms with Gasteiger partial charge < -0.3 is 15.8 Å². The molecule has 20 heavy (non-hydrogen) atoms. The van der Waals surface area contributed by atoms with Gasteiger partial charge in [0.15, 0.2) is 0 Å². The maximum absolute atomic E-state index is 11.0. The van der Waals surface area contributed by atoms with E-state index in [-0.39, 0.29) is 11.6 Å². The van der Waals surface area contributed by atoms with E-state index in [1.54, 1.807) is 18.2 Å². The van der Waals surface area contributed by atoms with E-state index in [4.69, 9.17) is 22.1 Å². The molecule has 0 saturated heterocycles. The van der Waals surface area contributed by atoms with Crippen LogP contribution in [0.25, 0.3) is 0 Å². The van der Waals surface area contributed by atoms with Gasteiger partial charge in [-0.15, -0.1) is 0 Å². The van der Waals surface area contributed by atoms with Crippen LogP contribution in [0.3, 0.4) is 0 Å². The highest BCUT2D eigenvalue weighted by Gasteiger charge is 2.21. The number of nitrogens with one attached hydrogen (secondary N) is 1. The molecule has 0 bridgehead atoms. The standard InChI is InChI=1S/C11H10ClN5O3/c1-20-6-2-3-7(12)8(4-6)16-11-9(17(18)19)10(13)14-5-15-11/h2-5H,1H3,(H3,13,14,15,16). The Hall–Kier alpha value is -2.61. The van der Waals surface area contributed by atoms with Crippen molar-refractivity contribution >= 4 is 34.6 Å². The first-order valence-electron chi connectivity index (χ1n) is 5.38. The largest absolute Gasteiger partial charge is 0.497 e. The molecule has 0 unspecified atom stereocenters. The fourth-order valence-corrected chi connectivity index (χ4v) is 1.68. The Morgan fingerprint density at radius 3 is 2.85 bits per heavy atom. The molecule has 8 nitrogen and oxygen atoms in total. The van der Waals surface area contributed by atoms with Crippen LogP contribution in [0.1, 0.15) is 0 Å². The van der Waals surface area contributed by atoms with Crippen LogP contribution >= 0.6 is 11.6 Å². The number of nitrogen functional groups attached to an aromatic ring is 1. The van der Waals surface area contributed by atoms with Gasteiger partial charge in [0.2, 0.25) is 11.6 Å². The van der Waals surface area contributed by atoms with Crippen molar-refractivity contribution in [2.24, 2.45) is 0 Å². The van der Waals surface area contributed by atoms with Gasteiger partial charge in [-0.25, -0.2) is 9.97 Å². The number of hydrogen-bond donors (Lipinski definition) is 2. The van der Waals surface area contributed by atoms with Gasteiger partial charge in [0, 0.05) is 6.07 Å². The SMILES string of the molecule is COc1ccc(Cl)c(Nc2ncnc(N)c2[N+](=O)[O-])c1. The number of ether oxygens (including phenoxy) is 1. The van der Waals surface area contributed by atoms with Crippen molar-refractivity contribution in [2.75, 3.05) is 18.2 Å². The van der Waals surface area contributed by atoms with Crippen LogP contribution < -0.4 is 15.8 Å². The minimum absolute atomic E-state index is 0.0438. The molecule has 2 rings (SSSR count). The summed E-state index contributed by atoms with van der Waals surface area (Å²) in [5.74, 6) is 0.269. The van der Waals surface area contributed by atoms with E-state index in [1.807, 2.05) is 0 Å². The lowest BCUT2D eigenvalue weighted by atomic mass is 10.3. The Morgan fingerprint density at radius 2 is 2.20 bits per heavy atom. The molecular weight excluding hydrogens is 286 g/mol. The highest BCUT2D eigenvalue weighted by Crippen LogP contribution is 2.33. The summed E-state index contributed by atoms with van der Waals surface area (Å²) in [6.45, 7) is 0. The minimum atomic E-state index is -0.661. The highest BCUT2D eigenvalue weighted by atomic mass is 35.5. The lowest BCUT2D eigenvalue weighted by Crippen LogP contribution is -2.05. The van der Waals surface area contributed by atoms with Crippen LogP contribution in [0.5, 0.6) is 5.75 Å². The second kappa shape index (κ2) is 5.57. The number of benzene rings is 1. The molecule has 9 heteroatoms. The summed E-state index contributed by atoms with van der Waals surface area (Å²) >= 11 is 6.01. The van der Waals surface area contributed by atoms with Gasteiger partial charge in [-0.2, -0.15) is 0 Å². The van der Waals surface area contributed by atoms with Crippen molar-refractivity contribution in [1.82, 2.24) is 9.97 Å². The minimum Gasteiger partial charge on any atom is -0.497 e. The van der Waals surface area contributed by atoms with E-state index in [1.165, 1.54) is 7.11 Å². The molecule has 2 aromatic rings. The summed E-state index contributed by atoms with van der Waals surface area (Å²) in [4.78, 5) is 17.7. The predicted octanol–water partition coefficient (Wildman–Crippen LogP) is 2.37. The predicted molar refractivity (Wildman–Crippen MR) is 74.4 cm³/mol. The number of aromatic nitrogens is 2. The third-order valence-corrected chi connectivity index (χ3v) is 2.79. The Labute approximate surface area is 118 Å². The first-order chi connectivity index (χ1) is 9.52. The molecule has 0 fully saturated rings. The Kier molecular flexibility index (Phi) is 3.85. The fraction of sp³-hybridized carbons (Fsp3) is 0.0909. The van der Waals surface area contributed by atoms with Gasteiger partial charge in [0.25, 0.3) is 0 Å². The summed E-state index contributed by atoms with van der Waals surface area (Å²) in [6.07, 6.45) is 1.12. The van der Waals surface area contributed by atoms with Gasteiger partial charge in [0.1, 0.15) is 12.1 Å². The maximum atomic E-state index is 11.0. The summed E-state index contributed by atoms with van der Waals surface area (Å²) in [7, 11) is 1.50. The fourth-order valence-electron chi connectivity index (χ4n) is 1.52. The Balaban J connectivity index is 2.45. The molecule has 3 N–H and O–H groups in total. The number of anilines is 3. The van der Waals surface area contributed by atoms with Crippen molar-refractivity contribution in [3.63, 3.8) is 0 Å². The van der Waals surface area contributed by atoms with E-state index in [0.29, 0.717) is 16.5 Å². The Morgan fingerprint density at radius 1 is 1.45 bits per heavy atom. The zero-order valence-electron chi connectivity index (χ0n) is 10.3. The second-order valence-corrected chi connectivity index (χ2v) is 4.09. The highest BCUT2D eigenvalue weighted by molar-refractivity contribution is 6.33. The van der Waals surface area contributed by atoms with Crippen molar-refractivity contribution in [2.45, 2.75) is 0 Å². The average Bonchev–Trinajstić information content (AvgIpc) is 2.41. The van der Waals surface area contributed by atoms with Crippen molar-refractivity contribution < 1.29 is 9.66 Å². The molecule has 0 radical (unpaired) electrons. The van der Waals surface area contributed by atoms with Gasteiger partial charge >= 0.3 is 5.69 Å². The monoisotopic (exact) mass is 295 g/mol.